The highest BCUT2D eigenvalue weighted by Crippen LogP contribution is 2.48. The Morgan fingerprint density at radius 2 is 1.81 bits per heavy atom. The van der Waals surface area contributed by atoms with Gasteiger partial charge in [-0.3, -0.25) is 10.2 Å². The molecule has 0 bridgehead atoms. The highest BCUT2D eigenvalue weighted by atomic mass is 32.1. The zero-order chi connectivity index (χ0) is 22.7. The van der Waals surface area contributed by atoms with Crippen molar-refractivity contribution in [2.75, 3.05) is 7.11 Å². The molecule has 0 atom stereocenters. The van der Waals surface area contributed by atoms with E-state index in [2.05, 4.69) is 0 Å². The number of methoxy groups -OCH3 is 1. The van der Waals surface area contributed by atoms with E-state index in [1.54, 1.807) is 30.6 Å². The monoisotopic (exact) mass is 448 g/mol. The zero-order valence-electron chi connectivity index (χ0n) is 17.5. The Labute approximate surface area is 188 Å². The molecule has 0 saturated carbocycles. The van der Waals surface area contributed by atoms with Crippen LogP contribution in [0.5, 0.6) is 17.2 Å². The van der Waals surface area contributed by atoms with Crippen molar-refractivity contribution >= 4 is 33.4 Å². The van der Waals surface area contributed by atoms with Crippen LogP contribution in [0.1, 0.15) is 11.1 Å². The Hall–Kier alpha value is -3.68. The Morgan fingerprint density at radius 3 is 2.50 bits per heavy atom. The summed E-state index contributed by atoms with van der Waals surface area (Å²) in [5.74, 6) is 6.52. The number of carbonyl (C=O) groups is 1. The smallest absolute Gasteiger partial charge is 0.257 e. The van der Waals surface area contributed by atoms with Crippen molar-refractivity contribution < 1.29 is 18.7 Å². The van der Waals surface area contributed by atoms with Crippen LogP contribution in [0.4, 0.5) is 4.39 Å². The van der Waals surface area contributed by atoms with Crippen LogP contribution in [0.2, 0.25) is 0 Å². The number of rotatable bonds is 6. The highest BCUT2D eigenvalue weighted by Gasteiger charge is 2.18. The number of fused-ring (bicyclic) bond motifs is 1. The molecule has 4 aromatic rings. The molecular weight excluding hydrogens is 427 g/mol. The number of nitrogens with two attached hydrogens (primary N) is 1. The van der Waals surface area contributed by atoms with Gasteiger partial charge in [-0.25, -0.2) is 10.2 Å². The Morgan fingerprint density at radius 1 is 1.06 bits per heavy atom. The van der Waals surface area contributed by atoms with E-state index >= 15 is 0 Å². The van der Waals surface area contributed by atoms with Crippen LogP contribution in [0.25, 0.3) is 26.6 Å². The van der Waals surface area contributed by atoms with Gasteiger partial charge in [-0.05, 0) is 72.2 Å². The first-order valence-corrected chi connectivity index (χ1v) is 10.6. The molecule has 7 heteroatoms. The molecule has 4 rings (SSSR count). The summed E-state index contributed by atoms with van der Waals surface area (Å²) in [6.07, 6.45) is 3.01. The van der Waals surface area contributed by atoms with E-state index in [0.717, 1.165) is 37.4 Å². The molecule has 0 spiro atoms. The largest absolute Gasteiger partial charge is 0.497 e. The lowest BCUT2D eigenvalue weighted by Gasteiger charge is -2.10. The van der Waals surface area contributed by atoms with Crippen LogP contribution in [0.3, 0.4) is 0 Å². The Balaban J connectivity index is 1.75. The molecule has 1 amide bonds. The van der Waals surface area contributed by atoms with Gasteiger partial charge >= 0.3 is 0 Å². The number of benzene rings is 3. The number of amides is 1. The summed E-state index contributed by atoms with van der Waals surface area (Å²) >= 11 is 1.57. The van der Waals surface area contributed by atoms with Crippen molar-refractivity contribution in [2.24, 2.45) is 5.84 Å². The fraction of sp³-hybridized carbons (Fsp3) is 0.0800. The predicted octanol–water partition coefficient (Wildman–Crippen LogP) is 5.82. The number of hydrazine groups is 1. The van der Waals surface area contributed by atoms with E-state index < -0.39 is 0 Å². The third-order valence-corrected chi connectivity index (χ3v) is 6.12. The fourth-order valence-electron chi connectivity index (χ4n) is 3.33. The second-order valence-electron chi connectivity index (χ2n) is 7.09. The van der Waals surface area contributed by atoms with Gasteiger partial charge in [0.1, 0.15) is 17.3 Å². The molecule has 3 N–H and O–H groups in total. The Bertz CT molecular complexity index is 1310. The summed E-state index contributed by atoms with van der Waals surface area (Å²) in [4.78, 5) is 12.2. The van der Waals surface area contributed by atoms with Crippen molar-refractivity contribution in [3.63, 3.8) is 0 Å². The number of thiophene rings is 1. The first-order chi connectivity index (χ1) is 15.5. The van der Waals surface area contributed by atoms with Gasteiger partial charge in [0.2, 0.25) is 0 Å². The normalized spacial score (nSPS) is 11.1. The van der Waals surface area contributed by atoms with Crippen LogP contribution in [-0.2, 0) is 4.79 Å². The second kappa shape index (κ2) is 9.21. The van der Waals surface area contributed by atoms with Gasteiger partial charge in [0.05, 0.1) is 12.0 Å². The minimum Gasteiger partial charge on any atom is -0.497 e. The van der Waals surface area contributed by atoms with E-state index in [1.807, 2.05) is 54.8 Å². The maximum atomic E-state index is 13.7. The SMILES string of the molecule is COc1ccc2c(Oc3ccc(C=CC(=O)NN)cc3)c(-c3ccc(F)cc3C)sc2c1. The average molecular weight is 449 g/mol. The predicted molar refractivity (Wildman–Crippen MR) is 126 cm³/mol. The van der Waals surface area contributed by atoms with E-state index in [-0.39, 0.29) is 11.7 Å². The van der Waals surface area contributed by atoms with Gasteiger partial charge in [-0.1, -0.05) is 18.2 Å². The van der Waals surface area contributed by atoms with Gasteiger partial charge in [-0.15, -0.1) is 11.3 Å². The third-order valence-electron chi connectivity index (χ3n) is 4.95. The molecule has 0 aliphatic rings. The van der Waals surface area contributed by atoms with E-state index in [9.17, 15) is 9.18 Å². The lowest BCUT2D eigenvalue weighted by atomic mass is 10.1. The van der Waals surface area contributed by atoms with Crippen molar-refractivity contribution in [1.82, 2.24) is 5.43 Å². The fourth-order valence-corrected chi connectivity index (χ4v) is 4.57. The number of ether oxygens (including phenoxy) is 2. The molecule has 0 fully saturated rings. The first-order valence-electron chi connectivity index (χ1n) is 9.82. The molecule has 32 heavy (non-hydrogen) atoms. The standard InChI is InChI=1S/C25H21FN2O3S/c1-15-13-17(26)6-10-20(15)25-24(21-11-9-19(30-2)14-22(21)32-25)31-18-7-3-16(4-8-18)5-12-23(29)28-27/h3-14H,27H2,1-2H3,(H,28,29). The lowest BCUT2D eigenvalue weighted by molar-refractivity contribution is -0.116. The van der Waals surface area contributed by atoms with Crippen molar-refractivity contribution in [3.05, 3.63) is 83.7 Å². The number of halogens is 1. The number of hydrogen-bond acceptors (Lipinski definition) is 5. The topological polar surface area (TPSA) is 73.6 Å². The molecule has 0 unspecified atom stereocenters. The first kappa shape index (κ1) is 21.5. The average Bonchev–Trinajstić information content (AvgIpc) is 3.15. The van der Waals surface area contributed by atoms with Crippen LogP contribution in [0, 0.1) is 12.7 Å². The molecule has 3 aromatic carbocycles. The summed E-state index contributed by atoms with van der Waals surface area (Å²) in [6.45, 7) is 1.88. The minimum absolute atomic E-state index is 0.275. The quantitative estimate of drug-likeness (QED) is 0.169. The molecule has 1 aromatic heterocycles. The minimum atomic E-state index is -0.384. The van der Waals surface area contributed by atoms with Gasteiger partial charge < -0.3 is 9.47 Å². The molecule has 0 saturated heterocycles. The van der Waals surface area contributed by atoms with Gasteiger partial charge in [0.25, 0.3) is 5.91 Å². The Kier molecular flexibility index (Phi) is 6.20. The van der Waals surface area contributed by atoms with Crippen molar-refractivity contribution in [1.29, 1.82) is 0 Å². The number of nitrogens with one attached hydrogen (secondary N) is 1. The zero-order valence-corrected chi connectivity index (χ0v) is 18.3. The maximum Gasteiger partial charge on any atom is 0.257 e. The van der Waals surface area contributed by atoms with E-state index in [1.165, 1.54) is 18.2 Å². The van der Waals surface area contributed by atoms with E-state index in [0.29, 0.717) is 11.5 Å². The van der Waals surface area contributed by atoms with Crippen molar-refractivity contribution in [3.8, 4) is 27.7 Å². The van der Waals surface area contributed by atoms with Gasteiger partial charge in [0.15, 0.2) is 5.75 Å². The molecule has 162 valence electrons. The summed E-state index contributed by atoms with van der Waals surface area (Å²) in [5.41, 5.74) is 4.62. The molecule has 5 nitrogen and oxygen atoms in total. The van der Waals surface area contributed by atoms with Gasteiger partial charge in [0, 0.05) is 16.2 Å². The van der Waals surface area contributed by atoms with Crippen LogP contribution in [0.15, 0.2) is 66.7 Å². The molecule has 0 aliphatic heterocycles. The van der Waals surface area contributed by atoms with Crippen LogP contribution < -0.4 is 20.7 Å². The maximum absolute atomic E-state index is 13.7. The van der Waals surface area contributed by atoms with Gasteiger partial charge in [-0.2, -0.15) is 0 Å². The summed E-state index contributed by atoms with van der Waals surface area (Å²) < 4.78 is 26.4. The number of carbonyl (C=O) groups excluding carboxylic acids is 1. The van der Waals surface area contributed by atoms with Crippen LogP contribution in [-0.4, -0.2) is 13.0 Å². The molecule has 0 aliphatic carbocycles. The summed E-state index contributed by atoms with van der Waals surface area (Å²) in [5, 5.41) is 0.943. The highest BCUT2D eigenvalue weighted by molar-refractivity contribution is 7.22. The summed E-state index contributed by atoms with van der Waals surface area (Å²) in [6, 6.07) is 17.9. The number of aryl methyl sites for hydroxylation is 1. The van der Waals surface area contributed by atoms with Crippen molar-refractivity contribution in [2.45, 2.75) is 6.92 Å². The molecular formula is C25H21FN2O3S. The second-order valence-corrected chi connectivity index (χ2v) is 8.15. The number of hydrogen-bond donors (Lipinski definition) is 2. The molecule has 0 radical (unpaired) electrons. The third kappa shape index (κ3) is 4.49. The molecule has 1 heterocycles. The van der Waals surface area contributed by atoms with E-state index in [4.69, 9.17) is 15.3 Å². The van der Waals surface area contributed by atoms with Crippen LogP contribution >= 0.6 is 11.3 Å². The lowest BCUT2D eigenvalue weighted by Crippen LogP contribution is -2.27. The summed E-state index contributed by atoms with van der Waals surface area (Å²) in [7, 11) is 1.63.